The van der Waals surface area contributed by atoms with Gasteiger partial charge in [-0.1, -0.05) is 18.2 Å². The summed E-state index contributed by atoms with van der Waals surface area (Å²) in [4.78, 5) is 5.24. The summed E-state index contributed by atoms with van der Waals surface area (Å²) in [6.07, 6.45) is 3.67. The number of nitrogens with one attached hydrogen (secondary N) is 1. The summed E-state index contributed by atoms with van der Waals surface area (Å²) in [6, 6.07) is 7.81. The van der Waals surface area contributed by atoms with Gasteiger partial charge in [-0.15, -0.1) is 0 Å². The summed E-state index contributed by atoms with van der Waals surface area (Å²) in [5, 5.41) is 0. The van der Waals surface area contributed by atoms with Gasteiger partial charge in [0.15, 0.2) is 0 Å². The van der Waals surface area contributed by atoms with Crippen LogP contribution in [0.25, 0.3) is 0 Å². The molecular formula is C10H11NO2. The molecule has 13 heavy (non-hydrogen) atoms. The number of para-hydroxylation sites is 1. The van der Waals surface area contributed by atoms with E-state index in [-0.39, 0.29) is 6.10 Å². The minimum absolute atomic E-state index is 0.0452. The molecule has 0 fully saturated rings. The van der Waals surface area contributed by atoms with E-state index < -0.39 is 0 Å². The molecule has 0 saturated carbocycles. The van der Waals surface area contributed by atoms with Gasteiger partial charge in [0.2, 0.25) is 0 Å². The number of hydroxylamine groups is 1. The van der Waals surface area contributed by atoms with Crippen LogP contribution in [0.4, 0.5) is 0 Å². The third kappa shape index (κ3) is 1.51. The van der Waals surface area contributed by atoms with Crippen LogP contribution in [0, 0.1) is 0 Å². The lowest BCUT2D eigenvalue weighted by atomic mass is 10.1. The van der Waals surface area contributed by atoms with Crippen LogP contribution in [0.5, 0.6) is 5.75 Å². The van der Waals surface area contributed by atoms with Gasteiger partial charge in [-0.05, 0) is 12.1 Å². The van der Waals surface area contributed by atoms with E-state index >= 15 is 0 Å². The fraction of sp³-hybridized carbons (Fsp3) is 0.200. The number of hydrogen-bond donors (Lipinski definition) is 1. The molecule has 1 aliphatic heterocycles. The van der Waals surface area contributed by atoms with Crippen molar-refractivity contribution >= 4 is 0 Å². The maximum absolute atomic E-state index is 5.24. The quantitative estimate of drug-likeness (QED) is 0.747. The maximum Gasteiger partial charge on any atom is 0.134 e. The zero-order valence-electron chi connectivity index (χ0n) is 7.36. The van der Waals surface area contributed by atoms with Crippen molar-refractivity contribution in [1.82, 2.24) is 5.48 Å². The second kappa shape index (κ2) is 3.49. The Morgan fingerprint density at radius 2 is 2.23 bits per heavy atom. The first-order chi connectivity index (χ1) is 6.42. The molecule has 1 heterocycles. The summed E-state index contributed by atoms with van der Waals surface area (Å²) >= 11 is 0. The van der Waals surface area contributed by atoms with Crippen LogP contribution >= 0.6 is 0 Å². The van der Waals surface area contributed by atoms with Crippen molar-refractivity contribution in [3.63, 3.8) is 0 Å². The van der Waals surface area contributed by atoms with Gasteiger partial charge in [0.05, 0.1) is 7.11 Å². The Labute approximate surface area is 76.9 Å². The van der Waals surface area contributed by atoms with Crippen LogP contribution in [0.2, 0.25) is 0 Å². The summed E-state index contributed by atoms with van der Waals surface area (Å²) in [7, 11) is 1.66. The molecular weight excluding hydrogens is 166 g/mol. The van der Waals surface area contributed by atoms with Crippen molar-refractivity contribution in [3.8, 4) is 5.75 Å². The molecule has 1 atom stereocenters. The molecule has 0 aromatic heterocycles. The lowest BCUT2D eigenvalue weighted by Gasteiger charge is -2.11. The van der Waals surface area contributed by atoms with E-state index in [1.54, 1.807) is 13.3 Å². The molecule has 0 saturated heterocycles. The highest BCUT2D eigenvalue weighted by Crippen LogP contribution is 2.29. The average molecular weight is 177 g/mol. The zero-order chi connectivity index (χ0) is 9.10. The Morgan fingerprint density at radius 1 is 1.38 bits per heavy atom. The van der Waals surface area contributed by atoms with Crippen LogP contribution < -0.4 is 10.2 Å². The van der Waals surface area contributed by atoms with E-state index in [2.05, 4.69) is 5.48 Å². The summed E-state index contributed by atoms with van der Waals surface area (Å²) in [6.45, 7) is 0. The smallest absolute Gasteiger partial charge is 0.134 e. The Morgan fingerprint density at radius 3 is 2.92 bits per heavy atom. The molecule has 1 aromatic carbocycles. The standard InChI is InChI=1S/C10H11NO2/c1-12-9-5-3-2-4-8(9)10-6-7-11-13-10/h2-7,10-11H,1H3. The number of hydrogen-bond acceptors (Lipinski definition) is 3. The first-order valence-corrected chi connectivity index (χ1v) is 4.12. The number of rotatable bonds is 2. The van der Waals surface area contributed by atoms with E-state index in [9.17, 15) is 0 Å². The van der Waals surface area contributed by atoms with Gasteiger partial charge in [0.25, 0.3) is 0 Å². The van der Waals surface area contributed by atoms with Gasteiger partial charge < -0.3 is 4.74 Å². The van der Waals surface area contributed by atoms with Crippen LogP contribution in [-0.2, 0) is 4.84 Å². The SMILES string of the molecule is COc1ccccc1C1C=CNO1. The molecule has 0 bridgehead atoms. The van der Waals surface area contributed by atoms with Gasteiger partial charge >= 0.3 is 0 Å². The van der Waals surface area contributed by atoms with E-state index in [0.717, 1.165) is 11.3 Å². The predicted molar refractivity (Wildman–Crippen MR) is 49.1 cm³/mol. The van der Waals surface area contributed by atoms with E-state index in [1.807, 2.05) is 30.3 Å². The van der Waals surface area contributed by atoms with Crippen LogP contribution in [-0.4, -0.2) is 7.11 Å². The topological polar surface area (TPSA) is 30.5 Å². The molecule has 0 amide bonds. The van der Waals surface area contributed by atoms with Crippen molar-refractivity contribution in [1.29, 1.82) is 0 Å². The third-order valence-corrected chi connectivity index (χ3v) is 1.98. The molecule has 2 rings (SSSR count). The molecule has 0 radical (unpaired) electrons. The highest BCUT2D eigenvalue weighted by atomic mass is 16.7. The Kier molecular flexibility index (Phi) is 2.19. The summed E-state index contributed by atoms with van der Waals surface area (Å²) in [5.74, 6) is 0.848. The molecule has 1 unspecified atom stereocenters. The highest BCUT2D eigenvalue weighted by molar-refractivity contribution is 5.37. The fourth-order valence-electron chi connectivity index (χ4n) is 1.35. The Balaban J connectivity index is 2.32. The third-order valence-electron chi connectivity index (χ3n) is 1.98. The minimum Gasteiger partial charge on any atom is -0.496 e. The molecule has 1 aromatic rings. The van der Waals surface area contributed by atoms with Crippen LogP contribution in [0.15, 0.2) is 36.5 Å². The average Bonchev–Trinajstić information content (AvgIpc) is 2.70. The van der Waals surface area contributed by atoms with Crippen molar-refractivity contribution in [2.45, 2.75) is 6.10 Å². The predicted octanol–water partition coefficient (Wildman–Crippen LogP) is 1.78. The van der Waals surface area contributed by atoms with E-state index in [4.69, 9.17) is 9.57 Å². The first kappa shape index (κ1) is 8.13. The van der Waals surface area contributed by atoms with Gasteiger partial charge in [0, 0.05) is 11.8 Å². The summed E-state index contributed by atoms with van der Waals surface area (Å²) in [5.41, 5.74) is 3.72. The van der Waals surface area contributed by atoms with Crippen LogP contribution in [0.1, 0.15) is 11.7 Å². The van der Waals surface area contributed by atoms with Crippen molar-refractivity contribution in [3.05, 3.63) is 42.1 Å². The summed E-state index contributed by atoms with van der Waals surface area (Å²) < 4.78 is 5.22. The molecule has 3 heteroatoms. The van der Waals surface area contributed by atoms with Gasteiger partial charge in [-0.25, -0.2) is 0 Å². The molecule has 68 valence electrons. The lowest BCUT2D eigenvalue weighted by molar-refractivity contribution is 0.0456. The number of benzene rings is 1. The van der Waals surface area contributed by atoms with Crippen molar-refractivity contribution < 1.29 is 9.57 Å². The Bertz CT molecular complexity index is 322. The fourth-order valence-corrected chi connectivity index (χ4v) is 1.35. The second-order valence-electron chi connectivity index (χ2n) is 2.76. The van der Waals surface area contributed by atoms with Gasteiger partial charge in [0.1, 0.15) is 11.9 Å². The van der Waals surface area contributed by atoms with E-state index in [0.29, 0.717) is 0 Å². The molecule has 0 spiro atoms. The van der Waals surface area contributed by atoms with Crippen molar-refractivity contribution in [2.75, 3.05) is 7.11 Å². The molecule has 0 aliphatic carbocycles. The van der Waals surface area contributed by atoms with Gasteiger partial charge in [-0.2, -0.15) is 0 Å². The molecule has 1 aliphatic rings. The Hall–Kier alpha value is -1.48. The first-order valence-electron chi connectivity index (χ1n) is 4.12. The van der Waals surface area contributed by atoms with Crippen LogP contribution in [0.3, 0.4) is 0 Å². The van der Waals surface area contributed by atoms with Gasteiger partial charge in [-0.3, -0.25) is 10.3 Å². The van der Waals surface area contributed by atoms with Crippen molar-refractivity contribution in [2.24, 2.45) is 0 Å². The number of ether oxygens (including phenoxy) is 1. The molecule has 1 N–H and O–H groups in total. The lowest BCUT2D eigenvalue weighted by Crippen LogP contribution is -2.04. The number of methoxy groups -OCH3 is 1. The largest absolute Gasteiger partial charge is 0.496 e. The second-order valence-corrected chi connectivity index (χ2v) is 2.76. The minimum atomic E-state index is -0.0452. The zero-order valence-corrected chi connectivity index (χ0v) is 7.36. The monoisotopic (exact) mass is 177 g/mol. The normalized spacial score (nSPS) is 19.9. The molecule has 3 nitrogen and oxygen atoms in total. The highest BCUT2D eigenvalue weighted by Gasteiger charge is 2.16. The maximum atomic E-state index is 5.24. The van der Waals surface area contributed by atoms with E-state index in [1.165, 1.54) is 0 Å².